The minimum atomic E-state index is -0.151. The van der Waals surface area contributed by atoms with E-state index in [9.17, 15) is 4.79 Å². The SMILES string of the molecule is Cc1cc(=O)n2[nH]c(CCOCc3ccccc3)nc2n1. The maximum Gasteiger partial charge on any atom is 0.274 e. The van der Waals surface area contributed by atoms with E-state index >= 15 is 0 Å². The Labute approximate surface area is 121 Å². The Morgan fingerprint density at radius 1 is 1.24 bits per heavy atom. The average molecular weight is 284 g/mol. The molecular formula is C15H16N4O2. The standard InChI is InChI=1S/C15H16N4O2/c1-11-9-14(20)19-15(16-11)17-13(18-19)7-8-21-10-12-5-3-2-4-6-12/h2-6,9H,7-8,10H2,1H3,(H,16,17,18). The van der Waals surface area contributed by atoms with Crippen molar-refractivity contribution in [3.8, 4) is 0 Å². The molecule has 108 valence electrons. The van der Waals surface area contributed by atoms with Gasteiger partial charge >= 0.3 is 0 Å². The van der Waals surface area contributed by atoms with Crippen molar-refractivity contribution in [3.05, 3.63) is 63.8 Å². The molecule has 2 heterocycles. The fraction of sp³-hybridized carbons (Fsp3) is 0.267. The molecule has 0 radical (unpaired) electrons. The van der Waals surface area contributed by atoms with Crippen LogP contribution >= 0.6 is 0 Å². The highest BCUT2D eigenvalue weighted by molar-refractivity contribution is 5.27. The van der Waals surface area contributed by atoms with E-state index in [0.29, 0.717) is 36.9 Å². The monoisotopic (exact) mass is 284 g/mol. The van der Waals surface area contributed by atoms with E-state index in [-0.39, 0.29) is 5.56 Å². The van der Waals surface area contributed by atoms with E-state index in [1.165, 1.54) is 10.6 Å². The van der Waals surface area contributed by atoms with Gasteiger partial charge in [-0.3, -0.25) is 9.89 Å². The number of hydrogen-bond donors (Lipinski definition) is 1. The number of H-pyrrole nitrogens is 1. The number of ether oxygens (including phenoxy) is 1. The summed E-state index contributed by atoms with van der Waals surface area (Å²) in [6, 6.07) is 11.5. The van der Waals surface area contributed by atoms with Gasteiger partial charge < -0.3 is 4.74 Å². The molecule has 0 aliphatic carbocycles. The van der Waals surface area contributed by atoms with E-state index in [4.69, 9.17) is 4.74 Å². The van der Waals surface area contributed by atoms with Gasteiger partial charge in [-0.1, -0.05) is 30.3 Å². The number of fused-ring (bicyclic) bond motifs is 1. The van der Waals surface area contributed by atoms with E-state index in [1.54, 1.807) is 6.92 Å². The summed E-state index contributed by atoms with van der Waals surface area (Å²) in [7, 11) is 0. The van der Waals surface area contributed by atoms with Crippen LogP contribution < -0.4 is 5.56 Å². The number of nitrogens with one attached hydrogen (secondary N) is 1. The molecule has 3 rings (SSSR count). The molecule has 0 atom stereocenters. The molecule has 0 aliphatic heterocycles. The van der Waals surface area contributed by atoms with Gasteiger partial charge in [0.2, 0.25) is 0 Å². The molecule has 0 unspecified atom stereocenters. The number of aryl methyl sites for hydroxylation is 1. The highest BCUT2D eigenvalue weighted by Crippen LogP contribution is 2.02. The summed E-state index contributed by atoms with van der Waals surface area (Å²) in [4.78, 5) is 20.3. The van der Waals surface area contributed by atoms with Gasteiger partial charge in [-0.2, -0.15) is 9.50 Å². The zero-order chi connectivity index (χ0) is 14.7. The maximum absolute atomic E-state index is 11.7. The smallest absolute Gasteiger partial charge is 0.274 e. The summed E-state index contributed by atoms with van der Waals surface area (Å²) in [5.74, 6) is 1.09. The number of aromatic amines is 1. The quantitative estimate of drug-likeness (QED) is 0.720. The van der Waals surface area contributed by atoms with Crippen LogP contribution in [0.3, 0.4) is 0 Å². The normalized spacial score (nSPS) is 11.1. The van der Waals surface area contributed by atoms with Gasteiger partial charge in [0.05, 0.1) is 13.2 Å². The van der Waals surface area contributed by atoms with Gasteiger partial charge in [-0.25, -0.2) is 4.98 Å². The average Bonchev–Trinajstić information content (AvgIpc) is 2.88. The molecule has 0 spiro atoms. The Morgan fingerprint density at radius 3 is 2.86 bits per heavy atom. The zero-order valence-corrected chi connectivity index (χ0v) is 11.7. The number of benzene rings is 1. The molecule has 1 aromatic carbocycles. The third-order valence-electron chi connectivity index (χ3n) is 3.10. The van der Waals surface area contributed by atoms with Crippen LogP contribution in [0.4, 0.5) is 0 Å². The third kappa shape index (κ3) is 3.17. The van der Waals surface area contributed by atoms with Crippen molar-refractivity contribution in [2.45, 2.75) is 20.0 Å². The first kappa shape index (κ1) is 13.5. The Bertz CT molecular complexity index is 792. The molecule has 0 amide bonds. The predicted molar refractivity (Wildman–Crippen MR) is 78.1 cm³/mol. The van der Waals surface area contributed by atoms with Gasteiger partial charge in [0.1, 0.15) is 5.82 Å². The molecule has 3 aromatic rings. The van der Waals surface area contributed by atoms with Crippen molar-refractivity contribution >= 4 is 5.78 Å². The second-order valence-corrected chi connectivity index (χ2v) is 4.83. The maximum atomic E-state index is 11.7. The van der Waals surface area contributed by atoms with Crippen molar-refractivity contribution in [3.63, 3.8) is 0 Å². The minimum absolute atomic E-state index is 0.151. The highest BCUT2D eigenvalue weighted by atomic mass is 16.5. The van der Waals surface area contributed by atoms with Crippen LogP contribution in [0.25, 0.3) is 5.78 Å². The van der Waals surface area contributed by atoms with Gasteiger partial charge in [0.25, 0.3) is 11.3 Å². The van der Waals surface area contributed by atoms with E-state index in [0.717, 1.165) is 5.56 Å². The Morgan fingerprint density at radius 2 is 2.05 bits per heavy atom. The van der Waals surface area contributed by atoms with Crippen LogP contribution in [0.15, 0.2) is 41.2 Å². The lowest BCUT2D eigenvalue weighted by Crippen LogP contribution is -2.14. The molecule has 6 heteroatoms. The number of nitrogens with zero attached hydrogens (tertiary/aromatic N) is 3. The summed E-state index contributed by atoms with van der Waals surface area (Å²) < 4.78 is 6.95. The fourth-order valence-corrected chi connectivity index (χ4v) is 2.08. The molecule has 2 aromatic heterocycles. The molecule has 0 saturated heterocycles. The van der Waals surface area contributed by atoms with E-state index in [1.807, 2.05) is 30.3 Å². The summed E-state index contributed by atoms with van der Waals surface area (Å²) in [6.45, 7) is 2.87. The van der Waals surface area contributed by atoms with E-state index in [2.05, 4.69) is 15.1 Å². The molecule has 0 bridgehead atoms. The van der Waals surface area contributed by atoms with Crippen molar-refractivity contribution in [2.24, 2.45) is 0 Å². The minimum Gasteiger partial charge on any atom is -0.376 e. The summed E-state index contributed by atoms with van der Waals surface area (Å²) >= 11 is 0. The Balaban J connectivity index is 1.61. The van der Waals surface area contributed by atoms with Crippen LogP contribution in [0, 0.1) is 6.92 Å². The first-order valence-corrected chi connectivity index (χ1v) is 6.79. The third-order valence-corrected chi connectivity index (χ3v) is 3.10. The number of hydrogen-bond acceptors (Lipinski definition) is 4. The Hall–Kier alpha value is -2.47. The lowest BCUT2D eigenvalue weighted by Gasteiger charge is -2.02. The molecule has 1 N–H and O–H groups in total. The predicted octanol–water partition coefficient (Wildman–Crippen LogP) is 1.49. The van der Waals surface area contributed by atoms with Gasteiger partial charge in [-0.05, 0) is 12.5 Å². The first-order chi connectivity index (χ1) is 10.2. The summed E-state index contributed by atoms with van der Waals surface area (Å²) in [6.07, 6.45) is 0.606. The van der Waals surface area contributed by atoms with Crippen LogP contribution in [-0.2, 0) is 17.8 Å². The van der Waals surface area contributed by atoms with Gasteiger partial charge in [0.15, 0.2) is 0 Å². The van der Waals surface area contributed by atoms with Crippen LogP contribution in [-0.4, -0.2) is 26.2 Å². The second kappa shape index (κ2) is 5.88. The van der Waals surface area contributed by atoms with Gasteiger partial charge in [-0.15, -0.1) is 0 Å². The summed E-state index contributed by atoms with van der Waals surface area (Å²) in [5, 5.41) is 2.94. The lowest BCUT2D eigenvalue weighted by atomic mass is 10.2. The first-order valence-electron chi connectivity index (χ1n) is 6.79. The topological polar surface area (TPSA) is 72.3 Å². The molecular weight excluding hydrogens is 268 g/mol. The number of rotatable bonds is 5. The fourth-order valence-electron chi connectivity index (χ4n) is 2.08. The Kier molecular flexibility index (Phi) is 3.79. The molecule has 21 heavy (non-hydrogen) atoms. The van der Waals surface area contributed by atoms with Crippen LogP contribution in [0.1, 0.15) is 17.1 Å². The molecule has 0 aliphatic rings. The molecule has 0 fully saturated rings. The molecule has 6 nitrogen and oxygen atoms in total. The summed E-state index contributed by atoms with van der Waals surface area (Å²) in [5.41, 5.74) is 1.65. The van der Waals surface area contributed by atoms with Crippen molar-refractivity contribution in [2.75, 3.05) is 6.61 Å². The molecule has 0 saturated carbocycles. The van der Waals surface area contributed by atoms with Crippen LogP contribution in [0.5, 0.6) is 0 Å². The van der Waals surface area contributed by atoms with Crippen molar-refractivity contribution in [1.82, 2.24) is 19.6 Å². The highest BCUT2D eigenvalue weighted by Gasteiger charge is 2.06. The van der Waals surface area contributed by atoms with E-state index < -0.39 is 0 Å². The van der Waals surface area contributed by atoms with Crippen molar-refractivity contribution in [1.29, 1.82) is 0 Å². The van der Waals surface area contributed by atoms with Crippen molar-refractivity contribution < 1.29 is 4.74 Å². The lowest BCUT2D eigenvalue weighted by molar-refractivity contribution is 0.122. The number of aromatic nitrogens is 4. The van der Waals surface area contributed by atoms with Gasteiger partial charge in [0, 0.05) is 18.2 Å². The largest absolute Gasteiger partial charge is 0.376 e. The van der Waals surface area contributed by atoms with Crippen LogP contribution in [0.2, 0.25) is 0 Å². The zero-order valence-electron chi connectivity index (χ0n) is 11.7. The second-order valence-electron chi connectivity index (χ2n) is 4.83.